The van der Waals surface area contributed by atoms with Crippen LogP contribution < -0.4 is 0 Å². The van der Waals surface area contributed by atoms with E-state index in [9.17, 15) is 9.59 Å². The zero-order valence-electron chi connectivity index (χ0n) is 9.83. The van der Waals surface area contributed by atoms with Crippen LogP contribution in [-0.2, 0) is 14.3 Å². The third kappa shape index (κ3) is 7.11. The highest BCUT2D eigenvalue weighted by atomic mass is 16.5. The van der Waals surface area contributed by atoms with Gasteiger partial charge in [-0.2, -0.15) is 0 Å². The molecule has 0 saturated heterocycles. The third-order valence-corrected chi connectivity index (χ3v) is 2.54. The molecule has 1 atom stereocenters. The lowest BCUT2D eigenvalue weighted by Gasteiger charge is -2.07. The van der Waals surface area contributed by atoms with E-state index < -0.39 is 11.9 Å². The van der Waals surface area contributed by atoms with Crippen molar-refractivity contribution >= 4 is 12.3 Å². The van der Waals surface area contributed by atoms with E-state index in [-0.39, 0.29) is 0 Å². The average molecular weight is 214 g/mol. The summed E-state index contributed by atoms with van der Waals surface area (Å²) < 4.78 is 4.53. The number of carbonyl (C=O) groups is 2. The van der Waals surface area contributed by atoms with Gasteiger partial charge in [0, 0.05) is 0 Å². The number of rotatable bonds is 9. The van der Waals surface area contributed by atoms with E-state index >= 15 is 0 Å². The molecule has 0 fully saturated rings. The third-order valence-electron chi connectivity index (χ3n) is 2.54. The first-order chi connectivity index (χ1) is 7.26. The van der Waals surface area contributed by atoms with Crippen LogP contribution >= 0.6 is 0 Å². The number of unbranched alkanes of at least 4 members (excludes halogenated alkanes) is 5. The van der Waals surface area contributed by atoms with Crippen molar-refractivity contribution in [1.82, 2.24) is 0 Å². The molecule has 3 nitrogen and oxygen atoms in total. The first-order valence-corrected chi connectivity index (χ1v) is 5.79. The highest BCUT2D eigenvalue weighted by Gasteiger charge is 2.16. The van der Waals surface area contributed by atoms with Gasteiger partial charge in [0.05, 0.1) is 7.11 Å². The predicted octanol–water partition coefficient (Wildman–Crippen LogP) is 2.73. The second-order valence-electron chi connectivity index (χ2n) is 3.82. The Morgan fingerprint density at radius 2 is 1.80 bits per heavy atom. The van der Waals surface area contributed by atoms with Crippen LogP contribution in [0.1, 0.15) is 51.9 Å². The largest absolute Gasteiger partial charge is 0.468 e. The molecule has 0 radical (unpaired) electrons. The highest BCUT2D eigenvalue weighted by molar-refractivity contribution is 5.87. The summed E-state index contributed by atoms with van der Waals surface area (Å²) in [5.41, 5.74) is 0. The molecular weight excluding hydrogens is 192 g/mol. The lowest BCUT2D eigenvalue weighted by atomic mass is 10.0. The van der Waals surface area contributed by atoms with Crippen LogP contribution in [-0.4, -0.2) is 19.4 Å². The molecule has 0 aliphatic rings. The fraction of sp³-hybridized carbons (Fsp3) is 0.833. The van der Waals surface area contributed by atoms with Crippen molar-refractivity contribution in [3.63, 3.8) is 0 Å². The van der Waals surface area contributed by atoms with Crippen molar-refractivity contribution < 1.29 is 14.3 Å². The fourth-order valence-electron chi connectivity index (χ4n) is 1.54. The summed E-state index contributed by atoms with van der Waals surface area (Å²) in [5, 5.41) is 0. The standard InChI is InChI=1S/C12H22O3/c1-3-4-5-6-7-8-9-11(10-13)12(14)15-2/h10-11H,3-9H2,1-2H3. The molecule has 1 unspecified atom stereocenters. The van der Waals surface area contributed by atoms with Gasteiger partial charge < -0.3 is 9.53 Å². The van der Waals surface area contributed by atoms with E-state index in [1.807, 2.05) is 0 Å². The zero-order chi connectivity index (χ0) is 11.5. The van der Waals surface area contributed by atoms with Crippen LogP contribution in [0.4, 0.5) is 0 Å². The van der Waals surface area contributed by atoms with E-state index in [0.717, 1.165) is 12.8 Å². The zero-order valence-corrected chi connectivity index (χ0v) is 9.83. The van der Waals surface area contributed by atoms with E-state index in [2.05, 4.69) is 11.7 Å². The molecule has 0 spiro atoms. The molecule has 0 aliphatic carbocycles. The summed E-state index contributed by atoms with van der Waals surface area (Å²) in [6.45, 7) is 2.18. The fourth-order valence-corrected chi connectivity index (χ4v) is 1.54. The monoisotopic (exact) mass is 214 g/mol. The normalized spacial score (nSPS) is 12.1. The molecule has 0 aromatic rings. The Hall–Kier alpha value is -0.860. The summed E-state index contributed by atoms with van der Waals surface area (Å²) in [5.74, 6) is -0.959. The maximum Gasteiger partial charge on any atom is 0.315 e. The Morgan fingerprint density at radius 3 is 2.33 bits per heavy atom. The van der Waals surface area contributed by atoms with Crippen LogP contribution in [0.25, 0.3) is 0 Å². The summed E-state index contributed by atoms with van der Waals surface area (Å²) in [6.07, 6.45) is 8.30. The van der Waals surface area contributed by atoms with Gasteiger partial charge in [-0.25, -0.2) is 0 Å². The first-order valence-electron chi connectivity index (χ1n) is 5.79. The smallest absolute Gasteiger partial charge is 0.315 e. The van der Waals surface area contributed by atoms with Gasteiger partial charge in [0.2, 0.25) is 0 Å². The van der Waals surface area contributed by atoms with Gasteiger partial charge in [-0.05, 0) is 6.42 Å². The molecule has 15 heavy (non-hydrogen) atoms. The molecule has 3 heteroatoms. The summed E-state index contributed by atoms with van der Waals surface area (Å²) in [4.78, 5) is 21.6. The van der Waals surface area contributed by atoms with Crippen LogP contribution in [0.2, 0.25) is 0 Å². The van der Waals surface area contributed by atoms with Crippen molar-refractivity contribution in [2.75, 3.05) is 7.11 Å². The Morgan fingerprint density at radius 1 is 1.20 bits per heavy atom. The predicted molar refractivity (Wildman–Crippen MR) is 59.6 cm³/mol. The van der Waals surface area contributed by atoms with Crippen molar-refractivity contribution in [2.24, 2.45) is 5.92 Å². The maximum absolute atomic E-state index is 11.1. The number of ether oxygens (including phenoxy) is 1. The minimum atomic E-state index is -0.554. The number of methoxy groups -OCH3 is 1. The molecule has 0 rings (SSSR count). The van der Waals surface area contributed by atoms with Gasteiger partial charge in [-0.3, -0.25) is 4.79 Å². The van der Waals surface area contributed by atoms with Crippen molar-refractivity contribution in [3.05, 3.63) is 0 Å². The molecule has 0 aromatic carbocycles. The molecule has 0 bridgehead atoms. The Bertz CT molecular complexity index is 178. The quantitative estimate of drug-likeness (QED) is 0.256. The summed E-state index contributed by atoms with van der Waals surface area (Å²) in [7, 11) is 1.32. The molecule has 88 valence electrons. The van der Waals surface area contributed by atoms with Gasteiger partial charge in [-0.15, -0.1) is 0 Å². The van der Waals surface area contributed by atoms with E-state index in [1.54, 1.807) is 0 Å². The minimum Gasteiger partial charge on any atom is -0.468 e. The van der Waals surface area contributed by atoms with E-state index in [1.165, 1.54) is 32.8 Å². The minimum absolute atomic E-state index is 0.404. The Kier molecular flexibility index (Phi) is 9.13. The van der Waals surface area contributed by atoms with Crippen LogP contribution in [0.5, 0.6) is 0 Å². The maximum atomic E-state index is 11.1. The van der Waals surface area contributed by atoms with Crippen molar-refractivity contribution in [2.45, 2.75) is 51.9 Å². The number of hydrogen-bond donors (Lipinski definition) is 0. The van der Waals surface area contributed by atoms with Gasteiger partial charge in [-0.1, -0.05) is 45.4 Å². The van der Waals surface area contributed by atoms with E-state index in [0.29, 0.717) is 12.7 Å². The average Bonchev–Trinajstić information content (AvgIpc) is 2.27. The topological polar surface area (TPSA) is 43.4 Å². The molecule has 0 saturated carbocycles. The summed E-state index contributed by atoms with van der Waals surface area (Å²) >= 11 is 0. The van der Waals surface area contributed by atoms with Gasteiger partial charge in [0.25, 0.3) is 0 Å². The number of carbonyl (C=O) groups excluding carboxylic acids is 2. The lowest BCUT2D eigenvalue weighted by Crippen LogP contribution is -2.17. The molecular formula is C12H22O3. The highest BCUT2D eigenvalue weighted by Crippen LogP contribution is 2.12. The first kappa shape index (κ1) is 14.1. The number of hydrogen-bond acceptors (Lipinski definition) is 3. The van der Waals surface area contributed by atoms with Crippen molar-refractivity contribution in [3.8, 4) is 0 Å². The number of esters is 1. The van der Waals surface area contributed by atoms with Crippen LogP contribution in [0.15, 0.2) is 0 Å². The van der Waals surface area contributed by atoms with Gasteiger partial charge in [0.1, 0.15) is 12.2 Å². The Balaban J connectivity index is 3.47. The SMILES string of the molecule is CCCCCCCCC(C=O)C(=O)OC. The molecule has 0 N–H and O–H groups in total. The molecule has 0 aliphatic heterocycles. The van der Waals surface area contributed by atoms with Gasteiger partial charge >= 0.3 is 5.97 Å². The second kappa shape index (κ2) is 9.69. The summed E-state index contributed by atoms with van der Waals surface area (Å²) in [6, 6.07) is 0. The van der Waals surface area contributed by atoms with E-state index in [4.69, 9.17) is 0 Å². The van der Waals surface area contributed by atoms with Crippen molar-refractivity contribution in [1.29, 1.82) is 0 Å². The van der Waals surface area contributed by atoms with Crippen LogP contribution in [0.3, 0.4) is 0 Å². The molecule has 0 amide bonds. The van der Waals surface area contributed by atoms with Gasteiger partial charge in [0.15, 0.2) is 0 Å². The molecule has 0 heterocycles. The second-order valence-corrected chi connectivity index (χ2v) is 3.82. The molecule has 0 aromatic heterocycles. The lowest BCUT2D eigenvalue weighted by molar-refractivity contribution is -0.147. The van der Waals surface area contributed by atoms with Crippen LogP contribution in [0, 0.1) is 5.92 Å². The number of aldehydes is 1. The Labute approximate surface area is 92.2 Å².